The lowest BCUT2D eigenvalue weighted by atomic mass is 9.87. The van der Waals surface area contributed by atoms with Crippen LogP contribution in [0.5, 0.6) is 0 Å². The number of fused-ring (bicyclic) bond motifs is 1. The van der Waals surface area contributed by atoms with Crippen molar-refractivity contribution in [2.45, 2.75) is 56.7 Å². The van der Waals surface area contributed by atoms with E-state index in [-0.39, 0.29) is 36.4 Å². The van der Waals surface area contributed by atoms with Crippen LogP contribution in [0.3, 0.4) is 0 Å². The highest BCUT2D eigenvalue weighted by molar-refractivity contribution is 6.07. The number of nitrogens with zero attached hydrogens (tertiary/aromatic N) is 3. The molecule has 33 heavy (non-hydrogen) atoms. The lowest BCUT2D eigenvalue weighted by Gasteiger charge is -2.36. The number of primary amides is 1. The fraction of sp³-hybridized carbons (Fsp3) is 0.391. The number of anilines is 1. The predicted octanol–water partition coefficient (Wildman–Crippen LogP) is 3.25. The van der Waals surface area contributed by atoms with Crippen LogP contribution < -0.4 is 16.4 Å². The van der Waals surface area contributed by atoms with Crippen LogP contribution in [0.25, 0.3) is 22.0 Å². The van der Waals surface area contributed by atoms with Crippen molar-refractivity contribution in [2.24, 2.45) is 5.73 Å². The summed E-state index contributed by atoms with van der Waals surface area (Å²) < 4.78 is 28.6. The van der Waals surface area contributed by atoms with Crippen molar-refractivity contribution in [3.63, 3.8) is 0 Å². The number of carbonyl (C=O) groups is 2. The van der Waals surface area contributed by atoms with Crippen LogP contribution in [0, 0.1) is 0 Å². The van der Waals surface area contributed by atoms with E-state index in [9.17, 15) is 18.4 Å². The smallest absolute Gasteiger partial charge is 0.252 e. The number of hydrogen-bond donors (Lipinski definition) is 3. The molecule has 8 nitrogen and oxygen atoms in total. The third-order valence-electron chi connectivity index (χ3n) is 6.40. The van der Waals surface area contributed by atoms with Crippen molar-refractivity contribution in [3.05, 3.63) is 42.4 Å². The van der Waals surface area contributed by atoms with Crippen LogP contribution in [0.15, 0.2) is 36.8 Å². The van der Waals surface area contributed by atoms with Gasteiger partial charge in [0.15, 0.2) is 0 Å². The van der Waals surface area contributed by atoms with Gasteiger partial charge in [-0.25, -0.2) is 8.78 Å². The van der Waals surface area contributed by atoms with Crippen LogP contribution >= 0.6 is 0 Å². The van der Waals surface area contributed by atoms with Gasteiger partial charge in [0, 0.05) is 55.2 Å². The van der Waals surface area contributed by atoms with Crippen molar-refractivity contribution in [3.8, 4) is 11.1 Å². The highest BCUT2D eigenvalue weighted by atomic mass is 19.3. The molecule has 2 saturated carbocycles. The molecular formula is C23H24F2N6O2. The Balaban J connectivity index is 1.43. The Bertz CT molecular complexity index is 1240. The zero-order valence-electron chi connectivity index (χ0n) is 18.0. The molecule has 10 heteroatoms. The van der Waals surface area contributed by atoms with Crippen molar-refractivity contribution >= 4 is 28.4 Å². The zero-order chi connectivity index (χ0) is 23.3. The maximum Gasteiger partial charge on any atom is 0.252 e. The number of nitrogens with two attached hydrogens (primary N) is 1. The van der Waals surface area contributed by atoms with E-state index in [1.165, 1.54) is 13.1 Å². The minimum absolute atomic E-state index is 0.0326. The first-order valence-electron chi connectivity index (χ1n) is 10.9. The predicted molar refractivity (Wildman–Crippen MR) is 119 cm³/mol. The van der Waals surface area contributed by atoms with E-state index in [2.05, 4.69) is 20.7 Å². The minimum Gasteiger partial charge on any atom is -0.381 e. The van der Waals surface area contributed by atoms with Crippen LogP contribution in [-0.2, 0) is 4.79 Å². The molecule has 5 rings (SSSR count). The second-order valence-electron chi connectivity index (χ2n) is 8.98. The van der Waals surface area contributed by atoms with E-state index in [1.807, 2.05) is 29.1 Å². The van der Waals surface area contributed by atoms with Crippen LogP contribution in [0.4, 0.5) is 14.5 Å². The summed E-state index contributed by atoms with van der Waals surface area (Å²) in [5.74, 6) is -3.39. The molecule has 0 saturated heterocycles. The molecular weight excluding hydrogens is 430 g/mol. The largest absolute Gasteiger partial charge is 0.381 e. The number of pyridine rings is 1. The molecule has 2 amide bonds. The van der Waals surface area contributed by atoms with E-state index in [1.54, 1.807) is 6.20 Å². The molecule has 172 valence electrons. The number of halogens is 2. The summed E-state index contributed by atoms with van der Waals surface area (Å²) in [6, 6.07) is 5.55. The molecule has 0 spiro atoms. The lowest BCUT2D eigenvalue weighted by Crippen LogP contribution is -2.44. The average molecular weight is 454 g/mol. The Morgan fingerprint density at radius 3 is 2.58 bits per heavy atom. The molecule has 0 radical (unpaired) electrons. The average Bonchev–Trinajstić information content (AvgIpc) is 3.18. The third-order valence-corrected chi connectivity index (χ3v) is 6.40. The third kappa shape index (κ3) is 4.12. The Hall–Kier alpha value is -3.56. The highest BCUT2D eigenvalue weighted by Gasteiger charge is 2.45. The summed E-state index contributed by atoms with van der Waals surface area (Å²) in [6.07, 6.45) is 6.15. The number of alkyl halides is 2. The summed E-state index contributed by atoms with van der Waals surface area (Å²) >= 11 is 0. The number of rotatable bonds is 6. The first-order valence-corrected chi connectivity index (χ1v) is 10.9. The van der Waals surface area contributed by atoms with E-state index < -0.39 is 17.9 Å². The fourth-order valence-corrected chi connectivity index (χ4v) is 4.58. The van der Waals surface area contributed by atoms with Crippen LogP contribution in [0.1, 0.15) is 49.0 Å². The lowest BCUT2D eigenvalue weighted by molar-refractivity contribution is -0.120. The van der Waals surface area contributed by atoms with E-state index in [0.29, 0.717) is 16.6 Å². The summed E-state index contributed by atoms with van der Waals surface area (Å²) in [4.78, 5) is 27.5. The normalized spacial score (nSPS) is 21.8. The van der Waals surface area contributed by atoms with Gasteiger partial charge in [0.05, 0.1) is 29.0 Å². The van der Waals surface area contributed by atoms with Gasteiger partial charge in [0.1, 0.15) is 0 Å². The standard InChI is InChI=1S/C23H24F2N6O2/c1-12(32)29-15-5-17(6-15)31-11-14(9-28-31)13-2-3-20-18(4-13)21(19(10-27-20)22(26)33)30-16-7-23(24,25)8-16/h2-4,9-11,15-17H,5-8H2,1H3,(H2,26,33)(H,27,30)(H,29,32). The highest BCUT2D eigenvalue weighted by Crippen LogP contribution is 2.41. The molecule has 0 unspecified atom stereocenters. The van der Waals surface area contributed by atoms with Crippen LogP contribution in [-0.4, -0.2) is 44.6 Å². The molecule has 0 bridgehead atoms. The minimum atomic E-state index is -2.69. The van der Waals surface area contributed by atoms with Gasteiger partial charge in [-0.1, -0.05) is 6.07 Å². The monoisotopic (exact) mass is 454 g/mol. The van der Waals surface area contributed by atoms with Crippen molar-refractivity contribution < 1.29 is 18.4 Å². The molecule has 2 aliphatic carbocycles. The molecule has 1 aromatic carbocycles. The molecule has 2 aromatic heterocycles. The Kier molecular flexibility index (Phi) is 5.02. The van der Waals surface area contributed by atoms with Gasteiger partial charge in [-0.05, 0) is 30.5 Å². The van der Waals surface area contributed by atoms with Gasteiger partial charge in [-0.3, -0.25) is 19.3 Å². The molecule has 2 aliphatic rings. The summed E-state index contributed by atoms with van der Waals surface area (Å²) in [5, 5.41) is 11.1. The second-order valence-corrected chi connectivity index (χ2v) is 8.98. The summed E-state index contributed by atoms with van der Waals surface area (Å²) in [6.45, 7) is 1.51. The number of benzene rings is 1. The zero-order valence-corrected chi connectivity index (χ0v) is 18.0. The first-order chi connectivity index (χ1) is 15.7. The maximum atomic E-state index is 13.4. The van der Waals surface area contributed by atoms with E-state index in [4.69, 9.17) is 5.73 Å². The molecule has 0 aliphatic heterocycles. The number of carbonyl (C=O) groups excluding carboxylic acids is 2. The van der Waals surface area contributed by atoms with Gasteiger partial charge in [-0.15, -0.1) is 0 Å². The van der Waals surface area contributed by atoms with Gasteiger partial charge >= 0.3 is 0 Å². The molecule has 4 N–H and O–H groups in total. The van der Waals surface area contributed by atoms with Gasteiger partial charge < -0.3 is 16.4 Å². The Morgan fingerprint density at radius 1 is 1.15 bits per heavy atom. The molecule has 3 aromatic rings. The topological polar surface area (TPSA) is 115 Å². The van der Waals surface area contributed by atoms with E-state index >= 15 is 0 Å². The molecule has 2 heterocycles. The SMILES string of the molecule is CC(=O)NC1CC(n2cc(-c3ccc4ncc(C(N)=O)c(NC5CC(F)(F)C5)c4c3)cn2)C1. The molecule has 0 atom stereocenters. The number of nitrogens with one attached hydrogen (secondary N) is 2. The number of hydrogen-bond acceptors (Lipinski definition) is 5. The molecule has 2 fully saturated rings. The summed E-state index contributed by atoms with van der Waals surface area (Å²) in [5.41, 5.74) is 8.50. The van der Waals surface area contributed by atoms with Gasteiger partial charge in [0.2, 0.25) is 5.91 Å². The number of amides is 2. The first kappa shape index (κ1) is 21.3. The summed E-state index contributed by atoms with van der Waals surface area (Å²) in [7, 11) is 0. The van der Waals surface area contributed by atoms with Crippen LogP contribution in [0.2, 0.25) is 0 Å². The van der Waals surface area contributed by atoms with Gasteiger partial charge in [0.25, 0.3) is 11.8 Å². The second kappa shape index (κ2) is 7.79. The fourth-order valence-electron chi connectivity index (χ4n) is 4.58. The van der Waals surface area contributed by atoms with Crippen molar-refractivity contribution in [2.75, 3.05) is 5.32 Å². The van der Waals surface area contributed by atoms with Crippen molar-refractivity contribution in [1.82, 2.24) is 20.1 Å². The Labute approximate surface area is 188 Å². The maximum absolute atomic E-state index is 13.4. The quantitative estimate of drug-likeness (QED) is 0.529. The van der Waals surface area contributed by atoms with Crippen molar-refractivity contribution in [1.29, 1.82) is 0 Å². The van der Waals surface area contributed by atoms with Gasteiger partial charge in [-0.2, -0.15) is 5.10 Å². The number of aromatic nitrogens is 3. The van der Waals surface area contributed by atoms with E-state index in [0.717, 1.165) is 24.0 Å². The Morgan fingerprint density at radius 2 is 1.91 bits per heavy atom.